The molecule has 9 heteroatoms. The highest BCUT2D eigenvalue weighted by atomic mass is 79.9. The molecule has 1 aromatic heterocycles. The van der Waals surface area contributed by atoms with Gasteiger partial charge in [0.25, 0.3) is 10.0 Å². The number of nitrogens with one attached hydrogen (secondary N) is 1. The minimum Gasteiger partial charge on any atom is -0.384 e. The highest BCUT2D eigenvalue weighted by Crippen LogP contribution is 2.27. The third-order valence-corrected chi connectivity index (χ3v) is 4.62. The van der Waals surface area contributed by atoms with Crippen LogP contribution in [0.4, 0.5) is 20.3 Å². The average Bonchev–Trinajstić information content (AvgIpc) is 2.30. The normalized spacial score (nSPS) is 11.3. The minimum absolute atomic E-state index is 0.106. The molecular weight excluding hydrogens is 356 g/mol. The van der Waals surface area contributed by atoms with Crippen LogP contribution in [0.25, 0.3) is 0 Å². The smallest absolute Gasteiger partial charge is 0.266 e. The second kappa shape index (κ2) is 5.33. The number of sulfonamides is 1. The summed E-state index contributed by atoms with van der Waals surface area (Å²) >= 11 is 2.82. The minimum atomic E-state index is -4.22. The van der Waals surface area contributed by atoms with Crippen LogP contribution in [0, 0.1) is 11.6 Å². The van der Waals surface area contributed by atoms with E-state index < -0.39 is 26.6 Å². The summed E-state index contributed by atoms with van der Waals surface area (Å²) in [6, 6.07) is 4.10. The summed E-state index contributed by atoms with van der Waals surface area (Å²) in [4.78, 5) is 3.02. The Labute approximate surface area is 122 Å². The summed E-state index contributed by atoms with van der Waals surface area (Å²) in [5.74, 6) is -1.88. The number of nitrogens with zero attached hydrogens (tertiary/aromatic N) is 1. The molecule has 0 aliphatic rings. The molecule has 0 amide bonds. The molecule has 2 aromatic rings. The van der Waals surface area contributed by atoms with Gasteiger partial charge in [0, 0.05) is 10.5 Å². The quantitative estimate of drug-likeness (QED) is 0.877. The number of rotatable bonds is 3. The van der Waals surface area contributed by atoms with Gasteiger partial charge in [0.1, 0.15) is 22.3 Å². The molecule has 0 bridgehead atoms. The topological polar surface area (TPSA) is 85.1 Å². The third kappa shape index (κ3) is 3.05. The van der Waals surface area contributed by atoms with E-state index in [1.54, 1.807) is 0 Å². The monoisotopic (exact) mass is 363 g/mol. The molecule has 0 aliphatic carbocycles. The van der Waals surface area contributed by atoms with Crippen LogP contribution in [-0.2, 0) is 10.0 Å². The molecule has 0 fully saturated rings. The zero-order valence-electron chi connectivity index (χ0n) is 9.77. The molecule has 1 aromatic carbocycles. The molecule has 0 spiro atoms. The van der Waals surface area contributed by atoms with E-state index in [1.165, 1.54) is 18.3 Å². The van der Waals surface area contributed by atoms with E-state index in [0.717, 1.165) is 6.07 Å². The number of pyridine rings is 1. The number of halogens is 3. The number of hydrogen-bond acceptors (Lipinski definition) is 4. The first-order valence-corrected chi connectivity index (χ1v) is 7.46. The second-order valence-corrected chi connectivity index (χ2v) is 6.25. The number of hydrogen-bond donors (Lipinski definition) is 2. The Morgan fingerprint density at radius 2 is 1.95 bits per heavy atom. The van der Waals surface area contributed by atoms with Gasteiger partial charge >= 0.3 is 0 Å². The first-order valence-electron chi connectivity index (χ1n) is 5.18. The predicted molar refractivity (Wildman–Crippen MR) is 73.5 cm³/mol. The summed E-state index contributed by atoms with van der Waals surface area (Å²) in [7, 11) is -4.22. The first kappa shape index (κ1) is 14.7. The van der Waals surface area contributed by atoms with Gasteiger partial charge in [-0.1, -0.05) is 0 Å². The summed E-state index contributed by atoms with van der Waals surface area (Å²) in [6.45, 7) is 0. The van der Waals surface area contributed by atoms with E-state index in [0.29, 0.717) is 6.07 Å². The lowest BCUT2D eigenvalue weighted by molar-refractivity contribution is 0.548. The Kier molecular flexibility index (Phi) is 3.91. The van der Waals surface area contributed by atoms with E-state index in [2.05, 4.69) is 25.6 Å². The number of aromatic nitrogens is 1. The fourth-order valence-electron chi connectivity index (χ4n) is 1.46. The number of benzene rings is 1. The molecule has 3 N–H and O–H groups in total. The summed E-state index contributed by atoms with van der Waals surface area (Å²) in [6.07, 6.45) is 1.18. The van der Waals surface area contributed by atoms with Crippen LogP contribution in [-0.4, -0.2) is 13.4 Å². The maximum absolute atomic E-state index is 13.6. The molecule has 0 radical (unpaired) electrons. The number of anilines is 2. The van der Waals surface area contributed by atoms with E-state index in [1.807, 2.05) is 0 Å². The summed E-state index contributed by atoms with van der Waals surface area (Å²) < 4.78 is 52.7. The van der Waals surface area contributed by atoms with Gasteiger partial charge in [0.15, 0.2) is 0 Å². The van der Waals surface area contributed by atoms with Crippen molar-refractivity contribution < 1.29 is 17.2 Å². The molecule has 0 saturated heterocycles. The lowest BCUT2D eigenvalue weighted by Gasteiger charge is -2.10. The number of nitrogens with two attached hydrogens (primary N) is 1. The summed E-state index contributed by atoms with van der Waals surface area (Å²) in [5, 5.41) is 0. The average molecular weight is 364 g/mol. The molecule has 2 rings (SSSR count). The van der Waals surface area contributed by atoms with Crippen LogP contribution in [0.1, 0.15) is 0 Å². The zero-order chi connectivity index (χ0) is 14.9. The number of nitrogen functional groups attached to an aromatic ring is 1. The van der Waals surface area contributed by atoms with Crippen molar-refractivity contribution >= 4 is 37.5 Å². The van der Waals surface area contributed by atoms with Gasteiger partial charge in [-0.05, 0) is 34.1 Å². The lowest BCUT2D eigenvalue weighted by atomic mass is 10.3. The molecular formula is C11H8BrF2N3O2S. The van der Waals surface area contributed by atoms with Crippen molar-refractivity contribution in [3.63, 3.8) is 0 Å². The molecule has 0 saturated carbocycles. The van der Waals surface area contributed by atoms with Crippen LogP contribution < -0.4 is 10.5 Å². The van der Waals surface area contributed by atoms with E-state index >= 15 is 0 Å². The second-order valence-electron chi connectivity index (χ2n) is 3.78. The highest BCUT2D eigenvalue weighted by Gasteiger charge is 2.23. The van der Waals surface area contributed by atoms with Crippen molar-refractivity contribution in [2.45, 2.75) is 4.90 Å². The van der Waals surface area contributed by atoms with Crippen LogP contribution in [0.5, 0.6) is 0 Å². The SMILES string of the molecule is Nc1ccc(NS(=O)(=O)c2c(F)cc(F)cc2Br)cn1. The molecule has 1 heterocycles. The Hall–Kier alpha value is -1.74. The van der Waals surface area contributed by atoms with Gasteiger partial charge in [-0.25, -0.2) is 22.2 Å². The van der Waals surface area contributed by atoms with Gasteiger partial charge in [-0.3, -0.25) is 4.72 Å². The molecule has 0 atom stereocenters. The molecule has 20 heavy (non-hydrogen) atoms. The molecule has 0 unspecified atom stereocenters. The van der Waals surface area contributed by atoms with Gasteiger partial charge in [-0.15, -0.1) is 0 Å². The van der Waals surface area contributed by atoms with Gasteiger partial charge in [0.05, 0.1) is 11.9 Å². The van der Waals surface area contributed by atoms with E-state index in [4.69, 9.17) is 5.73 Å². The van der Waals surface area contributed by atoms with Gasteiger partial charge in [0.2, 0.25) is 0 Å². The Bertz CT molecular complexity index is 728. The van der Waals surface area contributed by atoms with Crippen molar-refractivity contribution in [3.05, 3.63) is 46.6 Å². The van der Waals surface area contributed by atoms with Gasteiger partial charge < -0.3 is 5.73 Å². The van der Waals surface area contributed by atoms with Crippen molar-refractivity contribution in [1.29, 1.82) is 0 Å². The van der Waals surface area contributed by atoms with E-state index in [-0.39, 0.29) is 16.0 Å². The zero-order valence-corrected chi connectivity index (χ0v) is 12.2. The van der Waals surface area contributed by atoms with Crippen molar-refractivity contribution in [2.75, 3.05) is 10.5 Å². The van der Waals surface area contributed by atoms with Crippen molar-refractivity contribution in [2.24, 2.45) is 0 Å². The molecule has 5 nitrogen and oxygen atoms in total. The van der Waals surface area contributed by atoms with E-state index in [9.17, 15) is 17.2 Å². The first-order chi connectivity index (χ1) is 9.29. The fraction of sp³-hybridized carbons (Fsp3) is 0. The van der Waals surface area contributed by atoms with Gasteiger partial charge in [-0.2, -0.15) is 0 Å². The standard InChI is InChI=1S/C11H8BrF2N3O2S/c12-8-3-6(13)4-9(14)11(8)20(18,19)17-7-1-2-10(15)16-5-7/h1-5,17H,(H2,15,16). The Morgan fingerprint density at radius 3 is 2.50 bits per heavy atom. The lowest BCUT2D eigenvalue weighted by Crippen LogP contribution is -2.15. The highest BCUT2D eigenvalue weighted by molar-refractivity contribution is 9.10. The Balaban J connectivity index is 2.43. The third-order valence-electron chi connectivity index (χ3n) is 2.27. The van der Waals surface area contributed by atoms with Crippen molar-refractivity contribution in [3.8, 4) is 0 Å². The predicted octanol–water partition coefficient (Wildman–Crippen LogP) is 2.51. The van der Waals surface area contributed by atoms with Crippen LogP contribution >= 0.6 is 15.9 Å². The fourth-order valence-corrected chi connectivity index (χ4v) is 3.67. The van der Waals surface area contributed by atoms with Crippen LogP contribution in [0.15, 0.2) is 39.8 Å². The van der Waals surface area contributed by atoms with Crippen LogP contribution in [0.2, 0.25) is 0 Å². The largest absolute Gasteiger partial charge is 0.384 e. The van der Waals surface area contributed by atoms with Crippen LogP contribution in [0.3, 0.4) is 0 Å². The van der Waals surface area contributed by atoms with Crippen molar-refractivity contribution in [1.82, 2.24) is 4.98 Å². The molecule has 106 valence electrons. The summed E-state index contributed by atoms with van der Waals surface area (Å²) in [5.41, 5.74) is 5.48. The Morgan fingerprint density at radius 1 is 1.25 bits per heavy atom. The maximum Gasteiger partial charge on any atom is 0.266 e. The maximum atomic E-state index is 13.6. The molecule has 0 aliphatic heterocycles.